The minimum absolute atomic E-state index is 0.0233. The third-order valence-corrected chi connectivity index (χ3v) is 10.7. The third kappa shape index (κ3) is 10.2. The van der Waals surface area contributed by atoms with Crippen molar-refractivity contribution < 1.29 is 38.2 Å². The lowest BCUT2D eigenvalue weighted by molar-refractivity contribution is -0.157. The number of Topliss-reactive ketones (excluding diaryl/α,β-unsaturated/α-hetero) is 3. The lowest BCUT2D eigenvalue weighted by Crippen LogP contribution is -2.57. The van der Waals surface area contributed by atoms with E-state index in [1.165, 1.54) is 0 Å². The van der Waals surface area contributed by atoms with E-state index in [-0.39, 0.29) is 67.0 Å². The molecule has 10 nitrogen and oxygen atoms in total. The van der Waals surface area contributed by atoms with E-state index in [2.05, 4.69) is 25.7 Å². The summed E-state index contributed by atoms with van der Waals surface area (Å²) < 4.78 is 11.0. The molecular weight excluding hydrogens is 612 g/mol. The fourth-order valence-corrected chi connectivity index (χ4v) is 7.53. The average Bonchev–Trinajstić information content (AvgIpc) is 3.32. The molecule has 1 aliphatic heterocycles. The van der Waals surface area contributed by atoms with Crippen LogP contribution in [-0.2, 0) is 33.4 Å². The molecule has 10 heteroatoms. The summed E-state index contributed by atoms with van der Waals surface area (Å²) in [7, 11) is 0. The molecule has 1 N–H and O–H groups in total. The maximum Gasteiger partial charge on any atom is 0.408 e. The van der Waals surface area contributed by atoms with Gasteiger partial charge < -0.3 is 19.7 Å². The topological polar surface area (TPSA) is 136 Å². The number of nitrogens with one attached hydrogen (secondary N) is 1. The van der Waals surface area contributed by atoms with Crippen LogP contribution in [0.5, 0.6) is 0 Å². The predicted molar refractivity (Wildman–Crippen MR) is 183 cm³/mol. The minimum Gasteiger partial charge on any atom is -0.460 e. The van der Waals surface area contributed by atoms with Crippen LogP contribution >= 0.6 is 0 Å². The Hall–Kier alpha value is -3.04. The number of allylic oxidation sites excluding steroid dienone is 1. The molecule has 1 heterocycles. The molecule has 0 aromatic carbocycles. The first kappa shape index (κ1) is 39.4. The minimum atomic E-state index is -0.846. The first-order chi connectivity index (χ1) is 22.3. The molecule has 3 rings (SSSR count). The number of ether oxygens (including phenoxy) is 2. The monoisotopic (exact) mass is 672 g/mol. The normalized spacial score (nSPS) is 23.3. The summed E-state index contributed by atoms with van der Waals surface area (Å²) in [6, 6.07) is -1.56. The Kier molecular flexibility index (Phi) is 13.2. The third-order valence-electron chi connectivity index (χ3n) is 10.7. The van der Waals surface area contributed by atoms with Gasteiger partial charge >= 0.3 is 12.1 Å². The molecule has 0 spiro atoms. The molecule has 0 aromatic rings. The standard InChI is InChI=1S/C38H60N2O8/c1-10-12-17-25(33(44)27(41)20-16-21-29(43)47-37(6,7)11-2)22-28(42)32-30-26(38(30,8)9)23-40(32)34(45)31(24-18-14-13-15-19-24)39-35(46)48-36(3,4)5/h10,24-26,30-32H,1,11-23H2,2-9H3,(H,39,46)/t25?,26-,30-,31-,32+/m0/s1. The second-order valence-electron chi connectivity index (χ2n) is 16.4. The number of hydrogen-bond donors (Lipinski definition) is 1. The molecule has 2 aliphatic carbocycles. The number of nitrogens with zero attached hydrogens (tertiary/aromatic N) is 1. The first-order valence-corrected chi connectivity index (χ1v) is 18.1. The van der Waals surface area contributed by atoms with E-state index in [1.807, 2.05) is 20.8 Å². The van der Waals surface area contributed by atoms with Crippen LogP contribution in [0.4, 0.5) is 4.79 Å². The van der Waals surface area contributed by atoms with Gasteiger partial charge in [0.15, 0.2) is 11.6 Å². The van der Waals surface area contributed by atoms with E-state index in [0.717, 1.165) is 32.1 Å². The number of alkyl carbamates (subject to hydrolysis) is 1. The van der Waals surface area contributed by atoms with Crippen molar-refractivity contribution in [2.24, 2.45) is 29.1 Å². The molecule has 0 bridgehead atoms. The highest BCUT2D eigenvalue weighted by Gasteiger charge is 2.69. The van der Waals surface area contributed by atoms with Gasteiger partial charge in [0.05, 0.1) is 6.04 Å². The van der Waals surface area contributed by atoms with Crippen molar-refractivity contribution in [2.75, 3.05) is 6.54 Å². The van der Waals surface area contributed by atoms with Crippen molar-refractivity contribution in [2.45, 2.75) is 156 Å². The number of esters is 1. The van der Waals surface area contributed by atoms with E-state index in [1.54, 1.807) is 31.7 Å². The largest absolute Gasteiger partial charge is 0.460 e. The second-order valence-corrected chi connectivity index (χ2v) is 16.4. The second kappa shape index (κ2) is 16.1. The lowest BCUT2D eigenvalue weighted by Gasteiger charge is -2.37. The smallest absolute Gasteiger partial charge is 0.408 e. The number of carbonyl (C=O) groups excluding carboxylic acids is 6. The van der Waals surface area contributed by atoms with Gasteiger partial charge in [-0.25, -0.2) is 4.79 Å². The van der Waals surface area contributed by atoms with E-state index in [0.29, 0.717) is 19.4 Å². The maximum atomic E-state index is 14.3. The van der Waals surface area contributed by atoms with Crippen LogP contribution in [0.1, 0.15) is 132 Å². The molecule has 2 saturated carbocycles. The van der Waals surface area contributed by atoms with E-state index >= 15 is 0 Å². The average molecular weight is 673 g/mol. The number of carbonyl (C=O) groups is 6. The predicted octanol–water partition coefficient (Wildman–Crippen LogP) is 6.52. The molecule has 48 heavy (non-hydrogen) atoms. The fraction of sp³-hybridized carbons (Fsp3) is 0.789. The van der Waals surface area contributed by atoms with Gasteiger partial charge in [0.1, 0.15) is 17.2 Å². The molecule has 1 unspecified atom stereocenters. The Morgan fingerprint density at radius 3 is 2.21 bits per heavy atom. The van der Waals surface area contributed by atoms with E-state index in [9.17, 15) is 28.8 Å². The van der Waals surface area contributed by atoms with Gasteiger partial charge in [-0.2, -0.15) is 0 Å². The van der Waals surface area contributed by atoms with Crippen LogP contribution in [0.3, 0.4) is 0 Å². The van der Waals surface area contributed by atoms with Crippen LogP contribution in [0, 0.1) is 29.1 Å². The van der Waals surface area contributed by atoms with Crippen LogP contribution in [0.15, 0.2) is 12.7 Å². The summed E-state index contributed by atoms with van der Waals surface area (Å²) in [4.78, 5) is 81.8. The van der Waals surface area contributed by atoms with Gasteiger partial charge in [0.25, 0.3) is 0 Å². The van der Waals surface area contributed by atoms with Gasteiger partial charge in [-0.05, 0) is 96.3 Å². The summed E-state index contributed by atoms with van der Waals surface area (Å²) >= 11 is 0. The Morgan fingerprint density at radius 1 is 0.979 bits per heavy atom. The number of hydrogen-bond acceptors (Lipinski definition) is 8. The van der Waals surface area contributed by atoms with Crippen molar-refractivity contribution in [1.82, 2.24) is 10.2 Å². The van der Waals surface area contributed by atoms with E-state index in [4.69, 9.17) is 9.47 Å². The van der Waals surface area contributed by atoms with Gasteiger partial charge in [0.2, 0.25) is 11.7 Å². The summed E-state index contributed by atoms with van der Waals surface area (Å²) in [6.45, 7) is 19.2. The van der Waals surface area contributed by atoms with Crippen LogP contribution in [0.2, 0.25) is 0 Å². The number of rotatable bonds is 17. The first-order valence-electron chi connectivity index (χ1n) is 18.1. The number of likely N-dealkylation sites (tertiary alicyclic amines) is 1. The highest BCUT2D eigenvalue weighted by atomic mass is 16.6. The highest BCUT2D eigenvalue weighted by molar-refractivity contribution is 6.38. The molecule has 2 amide bonds. The van der Waals surface area contributed by atoms with Gasteiger partial charge in [-0.1, -0.05) is 46.1 Å². The molecule has 5 atom stereocenters. The van der Waals surface area contributed by atoms with Crippen molar-refractivity contribution in [3.05, 3.63) is 12.7 Å². The van der Waals surface area contributed by atoms with Gasteiger partial charge in [-0.15, -0.1) is 6.58 Å². The molecule has 0 aromatic heterocycles. The summed E-state index contributed by atoms with van der Waals surface area (Å²) in [5.74, 6) is -3.01. The van der Waals surface area contributed by atoms with Crippen molar-refractivity contribution in [3.8, 4) is 0 Å². The number of ketones is 3. The zero-order valence-electron chi connectivity index (χ0n) is 30.7. The van der Waals surface area contributed by atoms with Gasteiger partial charge in [0, 0.05) is 31.7 Å². The maximum absolute atomic E-state index is 14.3. The zero-order chi connectivity index (χ0) is 36.0. The molecule has 3 aliphatic rings. The summed E-state index contributed by atoms with van der Waals surface area (Å²) in [5.41, 5.74) is -1.48. The molecule has 1 saturated heterocycles. The molecule has 270 valence electrons. The quantitative estimate of drug-likeness (QED) is 0.105. The highest BCUT2D eigenvalue weighted by Crippen LogP contribution is 2.65. The van der Waals surface area contributed by atoms with E-state index < -0.39 is 52.8 Å². The zero-order valence-corrected chi connectivity index (χ0v) is 30.7. The number of piperidine rings is 1. The van der Waals surface area contributed by atoms with Crippen LogP contribution in [-0.4, -0.2) is 70.0 Å². The summed E-state index contributed by atoms with van der Waals surface area (Å²) in [5, 5.41) is 2.87. The van der Waals surface area contributed by atoms with Crippen LogP contribution < -0.4 is 5.32 Å². The molecular formula is C38H60N2O8. The number of fused-ring (bicyclic) bond motifs is 1. The lowest BCUT2D eigenvalue weighted by atomic mass is 9.82. The Bertz CT molecular complexity index is 1230. The summed E-state index contributed by atoms with van der Waals surface area (Å²) in [6.07, 6.45) is 6.92. The number of amides is 2. The van der Waals surface area contributed by atoms with Crippen molar-refractivity contribution in [1.29, 1.82) is 0 Å². The fourth-order valence-electron chi connectivity index (χ4n) is 7.53. The van der Waals surface area contributed by atoms with Crippen LogP contribution in [0.25, 0.3) is 0 Å². The van der Waals surface area contributed by atoms with Crippen molar-refractivity contribution >= 4 is 35.3 Å². The Labute approximate surface area is 287 Å². The molecule has 0 radical (unpaired) electrons. The van der Waals surface area contributed by atoms with Crippen molar-refractivity contribution in [3.63, 3.8) is 0 Å². The SMILES string of the molecule is C=CCCC(CC(=O)[C@@H]1[C@@H]2[C@H](CN1C(=O)[C@@H](NC(=O)OC(C)(C)C)C1CCCCC1)C2(C)C)C(=O)C(=O)CCCC(=O)OC(C)(C)CC. The Balaban J connectivity index is 1.76. The molecule has 3 fully saturated rings. The van der Waals surface area contributed by atoms with Gasteiger partial charge in [-0.3, -0.25) is 24.0 Å². The Morgan fingerprint density at radius 2 is 1.62 bits per heavy atom.